The molecule has 0 aromatic heterocycles. The van der Waals surface area contributed by atoms with Crippen LogP contribution in [-0.2, 0) is 24.5 Å². The number of carbonyl (C=O) groups is 2. The second-order valence-corrected chi connectivity index (χ2v) is 10.8. The maximum absolute atomic E-state index is 13.4. The highest BCUT2D eigenvalue weighted by Crippen LogP contribution is 2.52. The molecule has 2 heterocycles. The SMILES string of the molecule is CC1(C)OC[C@@H](CNC(=O)C(NC(=O)C2(c3ccc4c(c3)OC(F)(F)O4)CC2)C(C)(C)S)O1. The van der Waals surface area contributed by atoms with E-state index >= 15 is 0 Å². The van der Waals surface area contributed by atoms with Crippen molar-refractivity contribution in [1.29, 1.82) is 0 Å². The molecule has 182 valence electrons. The largest absolute Gasteiger partial charge is 0.586 e. The van der Waals surface area contributed by atoms with Gasteiger partial charge in [0.05, 0.1) is 12.0 Å². The van der Waals surface area contributed by atoms with Crippen molar-refractivity contribution in [2.75, 3.05) is 13.2 Å². The molecule has 1 saturated carbocycles. The normalized spacial score (nSPS) is 24.8. The first-order chi connectivity index (χ1) is 15.2. The minimum absolute atomic E-state index is 0.0880. The summed E-state index contributed by atoms with van der Waals surface area (Å²) >= 11 is 4.52. The van der Waals surface area contributed by atoms with Crippen LogP contribution in [0.3, 0.4) is 0 Å². The fraction of sp³-hybridized carbons (Fsp3) is 0.636. The van der Waals surface area contributed by atoms with Crippen LogP contribution in [-0.4, -0.2) is 53.9 Å². The van der Waals surface area contributed by atoms with Gasteiger partial charge in [-0.1, -0.05) is 6.07 Å². The Hall–Kier alpha value is -2.11. The van der Waals surface area contributed by atoms with Gasteiger partial charge in [0, 0.05) is 11.3 Å². The minimum Gasteiger partial charge on any atom is -0.395 e. The molecule has 0 radical (unpaired) electrons. The highest BCUT2D eigenvalue weighted by molar-refractivity contribution is 7.81. The Kier molecular flexibility index (Phi) is 5.82. The topological polar surface area (TPSA) is 95.1 Å². The molecule has 1 unspecified atom stereocenters. The maximum Gasteiger partial charge on any atom is 0.586 e. The molecule has 1 saturated heterocycles. The molecule has 0 spiro atoms. The number of thiol groups is 1. The van der Waals surface area contributed by atoms with E-state index in [1.54, 1.807) is 33.8 Å². The Balaban J connectivity index is 1.44. The Morgan fingerprint density at radius 3 is 2.45 bits per heavy atom. The average Bonchev–Trinajstić information content (AvgIpc) is 3.34. The zero-order valence-corrected chi connectivity index (χ0v) is 19.8. The monoisotopic (exact) mass is 486 g/mol. The number of ether oxygens (including phenoxy) is 4. The van der Waals surface area contributed by atoms with Gasteiger partial charge in [0.2, 0.25) is 11.8 Å². The van der Waals surface area contributed by atoms with Crippen molar-refractivity contribution in [3.63, 3.8) is 0 Å². The van der Waals surface area contributed by atoms with E-state index in [9.17, 15) is 18.4 Å². The number of fused-ring (bicyclic) bond motifs is 1. The summed E-state index contributed by atoms with van der Waals surface area (Å²) in [6.07, 6.45) is -3.01. The van der Waals surface area contributed by atoms with Gasteiger partial charge in [-0.3, -0.25) is 9.59 Å². The lowest BCUT2D eigenvalue weighted by molar-refractivity contribution is -0.286. The lowest BCUT2D eigenvalue weighted by Gasteiger charge is -2.31. The van der Waals surface area contributed by atoms with Gasteiger partial charge in [-0.2, -0.15) is 12.6 Å². The molecule has 3 aliphatic rings. The third-order valence-corrected chi connectivity index (χ3v) is 6.21. The molecule has 0 bridgehead atoms. The van der Waals surface area contributed by atoms with E-state index in [4.69, 9.17) is 9.47 Å². The first-order valence-corrected chi connectivity index (χ1v) is 11.2. The predicted molar refractivity (Wildman–Crippen MR) is 116 cm³/mol. The molecule has 2 amide bonds. The first kappa shape index (κ1) is 24.0. The minimum atomic E-state index is -3.73. The van der Waals surface area contributed by atoms with Gasteiger partial charge in [0.25, 0.3) is 0 Å². The maximum atomic E-state index is 13.4. The van der Waals surface area contributed by atoms with E-state index in [0.29, 0.717) is 25.0 Å². The molecular weight excluding hydrogens is 458 g/mol. The smallest absolute Gasteiger partial charge is 0.395 e. The molecule has 11 heteroatoms. The van der Waals surface area contributed by atoms with Gasteiger partial charge in [0.1, 0.15) is 12.1 Å². The molecule has 33 heavy (non-hydrogen) atoms. The summed E-state index contributed by atoms with van der Waals surface area (Å²) in [6.45, 7) is 7.60. The number of hydrogen-bond donors (Lipinski definition) is 3. The van der Waals surface area contributed by atoms with Crippen molar-refractivity contribution in [2.24, 2.45) is 0 Å². The van der Waals surface area contributed by atoms with Crippen molar-refractivity contribution in [3.8, 4) is 11.5 Å². The zero-order valence-electron chi connectivity index (χ0n) is 18.9. The second kappa shape index (κ2) is 7.99. The van der Waals surface area contributed by atoms with Gasteiger partial charge in [-0.05, 0) is 58.2 Å². The molecule has 1 aromatic carbocycles. The number of rotatable bonds is 7. The lowest BCUT2D eigenvalue weighted by Crippen LogP contribution is -2.58. The van der Waals surface area contributed by atoms with Gasteiger partial charge >= 0.3 is 6.29 Å². The molecule has 4 rings (SSSR count). The highest BCUT2D eigenvalue weighted by Gasteiger charge is 2.54. The van der Waals surface area contributed by atoms with E-state index in [1.807, 2.05) is 0 Å². The average molecular weight is 487 g/mol. The Morgan fingerprint density at radius 2 is 1.88 bits per heavy atom. The van der Waals surface area contributed by atoms with E-state index in [1.165, 1.54) is 12.1 Å². The predicted octanol–water partition coefficient (Wildman–Crippen LogP) is 2.50. The van der Waals surface area contributed by atoms with Gasteiger partial charge in [-0.25, -0.2) is 0 Å². The quantitative estimate of drug-likeness (QED) is 0.513. The first-order valence-electron chi connectivity index (χ1n) is 10.7. The number of nitrogens with one attached hydrogen (secondary N) is 2. The van der Waals surface area contributed by atoms with Crippen LogP contribution >= 0.6 is 12.6 Å². The fourth-order valence-electron chi connectivity index (χ4n) is 4.03. The number of amides is 2. The molecule has 2 aliphatic heterocycles. The van der Waals surface area contributed by atoms with Crippen molar-refractivity contribution < 1.29 is 37.3 Å². The third kappa shape index (κ3) is 5.04. The van der Waals surface area contributed by atoms with E-state index < -0.39 is 34.2 Å². The zero-order chi connectivity index (χ0) is 24.2. The number of alkyl halides is 2. The van der Waals surface area contributed by atoms with Crippen molar-refractivity contribution in [1.82, 2.24) is 10.6 Å². The number of hydrogen-bond acceptors (Lipinski definition) is 7. The van der Waals surface area contributed by atoms with E-state index in [-0.39, 0.29) is 30.1 Å². The molecular formula is C22H28F2N2O6S. The van der Waals surface area contributed by atoms with Crippen LogP contribution in [0.4, 0.5) is 8.78 Å². The summed E-state index contributed by atoms with van der Waals surface area (Å²) in [6, 6.07) is 3.37. The van der Waals surface area contributed by atoms with Gasteiger partial charge < -0.3 is 29.6 Å². The van der Waals surface area contributed by atoms with Crippen LogP contribution in [0, 0.1) is 0 Å². The van der Waals surface area contributed by atoms with E-state index in [0.717, 1.165) is 0 Å². The molecule has 1 aliphatic carbocycles. The van der Waals surface area contributed by atoms with Crippen molar-refractivity contribution in [2.45, 2.75) is 74.9 Å². The summed E-state index contributed by atoms with van der Waals surface area (Å²) in [5, 5.41) is 5.62. The number of carbonyl (C=O) groups excluding carboxylic acids is 2. The highest BCUT2D eigenvalue weighted by atomic mass is 32.1. The van der Waals surface area contributed by atoms with Crippen LogP contribution < -0.4 is 20.1 Å². The van der Waals surface area contributed by atoms with Gasteiger partial charge in [0.15, 0.2) is 17.3 Å². The third-order valence-electron chi connectivity index (χ3n) is 5.95. The van der Waals surface area contributed by atoms with Crippen LogP contribution in [0.5, 0.6) is 11.5 Å². The molecule has 1 aromatic rings. The fourth-order valence-corrected chi connectivity index (χ4v) is 4.21. The van der Waals surface area contributed by atoms with Crippen LogP contribution in [0.2, 0.25) is 0 Å². The summed E-state index contributed by atoms with van der Waals surface area (Å²) in [5.41, 5.74) is -0.407. The van der Waals surface area contributed by atoms with Crippen LogP contribution in [0.15, 0.2) is 18.2 Å². The molecule has 2 N–H and O–H groups in total. The van der Waals surface area contributed by atoms with Crippen LogP contribution in [0.25, 0.3) is 0 Å². The van der Waals surface area contributed by atoms with E-state index in [2.05, 4.69) is 32.7 Å². The Morgan fingerprint density at radius 1 is 1.21 bits per heavy atom. The van der Waals surface area contributed by atoms with Crippen molar-refractivity contribution in [3.05, 3.63) is 23.8 Å². The second-order valence-electron chi connectivity index (χ2n) is 9.67. The number of halogens is 2. The standard InChI is InChI=1S/C22H28F2N2O6S/c1-19(2,33)16(17(27)25-10-13-11-29-20(3,4)30-13)26-18(28)21(7-8-21)12-5-6-14-15(9-12)32-22(23,24)31-14/h5-6,9,13,16,33H,7-8,10-11H2,1-4H3,(H,25,27)(H,26,28)/t13-,16?/m1/s1. The van der Waals surface area contributed by atoms with Crippen LogP contribution in [0.1, 0.15) is 46.1 Å². The molecule has 2 atom stereocenters. The summed E-state index contributed by atoms with van der Waals surface area (Å²) < 4.78 is 46.0. The summed E-state index contributed by atoms with van der Waals surface area (Å²) in [7, 11) is 0. The summed E-state index contributed by atoms with van der Waals surface area (Å²) in [5.74, 6) is -1.70. The molecule has 2 fully saturated rings. The van der Waals surface area contributed by atoms with Gasteiger partial charge in [-0.15, -0.1) is 8.78 Å². The summed E-state index contributed by atoms with van der Waals surface area (Å²) in [4.78, 5) is 26.2. The Labute approximate surface area is 196 Å². The lowest BCUT2D eigenvalue weighted by atomic mass is 9.93. The number of benzene rings is 1. The molecule has 8 nitrogen and oxygen atoms in total. The van der Waals surface area contributed by atoms with Crippen molar-refractivity contribution >= 4 is 24.4 Å². The Bertz CT molecular complexity index is 961.